The number of nitrogens with zero attached hydrogens (tertiary/aromatic N) is 2. The van der Waals surface area contributed by atoms with Gasteiger partial charge in [-0.1, -0.05) is 48.5 Å². The van der Waals surface area contributed by atoms with E-state index in [1.54, 1.807) is 11.8 Å². The summed E-state index contributed by atoms with van der Waals surface area (Å²) in [5.41, 5.74) is 14.2. The quantitative estimate of drug-likeness (QED) is 0.201. The Morgan fingerprint density at radius 1 is 1.08 bits per heavy atom. The van der Waals surface area contributed by atoms with E-state index in [-0.39, 0.29) is 23.0 Å². The van der Waals surface area contributed by atoms with Crippen LogP contribution >= 0.6 is 11.8 Å². The van der Waals surface area contributed by atoms with E-state index in [1.807, 2.05) is 47.5 Å². The predicted molar refractivity (Wildman–Crippen MR) is 147 cm³/mol. The van der Waals surface area contributed by atoms with Gasteiger partial charge in [0.1, 0.15) is 6.04 Å². The maximum Gasteiger partial charge on any atom is 0.245 e. The van der Waals surface area contributed by atoms with Crippen LogP contribution in [-0.4, -0.2) is 64.3 Å². The molecular formula is C27H34N6O2S. The number of carbonyl (C=O) groups excluding carboxylic acids is 2. The fourth-order valence-electron chi connectivity index (χ4n) is 4.52. The summed E-state index contributed by atoms with van der Waals surface area (Å²) in [5, 5.41) is 3.90. The van der Waals surface area contributed by atoms with Crippen LogP contribution in [0.2, 0.25) is 0 Å². The van der Waals surface area contributed by atoms with Gasteiger partial charge < -0.3 is 26.7 Å². The molecule has 1 aliphatic rings. The van der Waals surface area contributed by atoms with Crippen molar-refractivity contribution in [2.45, 2.75) is 37.0 Å². The molecule has 9 heteroatoms. The van der Waals surface area contributed by atoms with E-state index in [2.05, 4.69) is 33.5 Å². The Bertz CT molecular complexity index is 1190. The van der Waals surface area contributed by atoms with Crippen molar-refractivity contribution in [1.29, 1.82) is 0 Å². The third-order valence-corrected chi connectivity index (χ3v) is 7.64. The number of hydrogen-bond donors (Lipinski definition) is 4. The number of rotatable bonds is 9. The van der Waals surface area contributed by atoms with Gasteiger partial charge in [-0.15, -0.1) is 11.8 Å². The highest BCUT2D eigenvalue weighted by molar-refractivity contribution is 8.00. The lowest BCUT2D eigenvalue weighted by Gasteiger charge is -2.27. The predicted octanol–water partition coefficient (Wildman–Crippen LogP) is 2.44. The van der Waals surface area contributed by atoms with E-state index in [0.717, 1.165) is 22.9 Å². The molecule has 1 saturated heterocycles. The zero-order valence-corrected chi connectivity index (χ0v) is 21.2. The number of amides is 2. The lowest BCUT2D eigenvalue weighted by Crippen LogP contribution is -2.50. The zero-order valence-electron chi connectivity index (χ0n) is 20.4. The summed E-state index contributed by atoms with van der Waals surface area (Å²) < 4.78 is 0. The minimum absolute atomic E-state index is 0.0273. The molecule has 2 heterocycles. The van der Waals surface area contributed by atoms with E-state index >= 15 is 0 Å². The van der Waals surface area contributed by atoms with Crippen molar-refractivity contribution in [3.63, 3.8) is 0 Å². The van der Waals surface area contributed by atoms with Crippen molar-refractivity contribution in [1.82, 2.24) is 15.2 Å². The third kappa shape index (κ3) is 6.81. The molecule has 1 fully saturated rings. The van der Waals surface area contributed by atoms with Gasteiger partial charge in [-0.3, -0.25) is 14.6 Å². The van der Waals surface area contributed by atoms with Crippen LogP contribution < -0.4 is 16.8 Å². The summed E-state index contributed by atoms with van der Waals surface area (Å²) in [6, 6.07) is 17.6. The molecule has 36 heavy (non-hydrogen) atoms. The third-order valence-electron chi connectivity index (χ3n) is 6.44. The molecule has 2 atom stereocenters. The Morgan fingerprint density at radius 2 is 1.86 bits per heavy atom. The van der Waals surface area contributed by atoms with Crippen molar-refractivity contribution in [3.05, 3.63) is 71.9 Å². The molecular weight excluding hydrogens is 472 g/mol. The minimum Gasteiger partial charge on any atom is -0.370 e. The summed E-state index contributed by atoms with van der Waals surface area (Å²) in [7, 11) is 0. The number of aliphatic imine (C=N–C) groups is 1. The fourth-order valence-corrected chi connectivity index (χ4v) is 5.65. The molecule has 0 aliphatic carbocycles. The fraction of sp³-hybridized carbons (Fsp3) is 0.370. The molecule has 8 nitrogen and oxygen atoms in total. The minimum atomic E-state index is -0.605. The van der Waals surface area contributed by atoms with Crippen LogP contribution in [0, 0.1) is 0 Å². The zero-order chi connectivity index (χ0) is 25.3. The van der Waals surface area contributed by atoms with E-state index in [1.165, 1.54) is 5.56 Å². The van der Waals surface area contributed by atoms with E-state index in [4.69, 9.17) is 11.5 Å². The molecule has 0 spiro atoms. The first-order chi connectivity index (χ1) is 17.5. The average Bonchev–Trinajstić information content (AvgIpc) is 3.31. The van der Waals surface area contributed by atoms with Gasteiger partial charge in [0.15, 0.2) is 5.96 Å². The number of guanidine groups is 1. The molecule has 1 aromatic heterocycles. The SMILES string of the molecule is NC(N)=NCCC[C@@H]1NC(=O)[C@@H](Cc2c[nH]c3ccccc23)SCCN(CCc2ccccc2)C1=O. The standard InChI is InChI=1S/C27H34N6O2S/c28-27(29)30-13-6-11-23-26(35)33(14-12-19-7-2-1-3-8-19)15-16-36-24(25(34)32-23)17-20-18-31-22-10-5-4-9-21(20)22/h1-5,7-10,18,23-24,31H,6,11-17H2,(H,32,34)(H4,28,29,30)/t23-,24+/m0/s1. The van der Waals surface area contributed by atoms with E-state index < -0.39 is 6.04 Å². The van der Waals surface area contributed by atoms with E-state index in [9.17, 15) is 9.59 Å². The van der Waals surface area contributed by atoms with Crippen molar-refractivity contribution < 1.29 is 9.59 Å². The van der Waals surface area contributed by atoms with Gasteiger partial charge in [0, 0.05) is 42.5 Å². The number of fused-ring (bicyclic) bond motifs is 1. The van der Waals surface area contributed by atoms with Crippen LogP contribution in [0.1, 0.15) is 24.0 Å². The van der Waals surface area contributed by atoms with Gasteiger partial charge in [0.25, 0.3) is 0 Å². The van der Waals surface area contributed by atoms with Crippen molar-refractivity contribution in [2.75, 3.05) is 25.4 Å². The second kappa shape index (κ2) is 12.5. The summed E-state index contributed by atoms with van der Waals surface area (Å²) in [6.45, 7) is 1.62. The van der Waals surface area contributed by atoms with Crippen LogP contribution in [-0.2, 0) is 22.4 Å². The highest BCUT2D eigenvalue weighted by Crippen LogP contribution is 2.25. The molecule has 3 aromatic rings. The number of nitrogens with two attached hydrogens (primary N) is 2. The molecule has 2 aromatic carbocycles. The Labute approximate surface area is 215 Å². The normalized spacial score (nSPS) is 18.8. The number of hydrogen-bond acceptors (Lipinski definition) is 4. The number of thioether (sulfide) groups is 1. The second-order valence-electron chi connectivity index (χ2n) is 8.99. The van der Waals surface area contributed by atoms with Gasteiger partial charge in [0.2, 0.25) is 11.8 Å². The molecule has 190 valence electrons. The number of para-hydroxylation sites is 1. The first-order valence-electron chi connectivity index (χ1n) is 12.4. The van der Waals surface area contributed by atoms with Gasteiger partial charge in [0.05, 0.1) is 5.25 Å². The Balaban J connectivity index is 1.49. The van der Waals surface area contributed by atoms with Gasteiger partial charge in [-0.25, -0.2) is 0 Å². The van der Waals surface area contributed by atoms with Crippen LogP contribution in [0.3, 0.4) is 0 Å². The summed E-state index contributed by atoms with van der Waals surface area (Å²) >= 11 is 1.61. The highest BCUT2D eigenvalue weighted by atomic mass is 32.2. The van der Waals surface area contributed by atoms with Crippen LogP contribution in [0.4, 0.5) is 0 Å². The molecule has 4 rings (SSSR count). The van der Waals surface area contributed by atoms with Gasteiger partial charge >= 0.3 is 0 Å². The maximum absolute atomic E-state index is 13.6. The Hall–Kier alpha value is -3.46. The summed E-state index contributed by atoms with van der Waals surface area (Å²) in [5.74, 6) is 0.578. The second-order valence-corrected chi connectivity index (χ2v) is 10.3. The first-order valence-corrected chi connectivity index (χ1v) is 13.4. The summed E-state index contributed by atoms with van der Waals surface area (Å²) in [4.78, 5) is 36.2. The number of aromatic amines is 1. The van der Waals surface area contributed by atoms with Gasteiger partial charge in [-0.05, 0) is 42.9 Å². The van der Waals surface area contributed by atoms with Gasteiger partial charge in [-0.2, -0.15) is 0 Å². The Kier molecular flexibility index (Phi) is 8.89. The molecule has 0 saturated carbocycles. The molecule has 2 amide bonds. The number of H-pyrrole nitrogens is 1. The van der Waals surface area contributed by atoms with Crippen molar-refractivity contribution in [2.24, 2.45) is 16.5 Å². The summed E-state index contributed by atoms with van der Waals surface area (Å²) in [6.07, 6.45) is 4.42. The number of carbonyl (C=O) groups is 2. The van der Waals surface area contributed by atoms with E-state index in [0.29, 0.717) is 44.6 Å². The van der Waals surface area contributed by atoms with Crippen molar-refractivity contribution in [3.8, 4) is 0 Å². The highest BCUT2D eigenvalue weighted by Gasteiger charge is 2.31. The lowest BCUT2D eigenvalue weighted by atomic mass is 10.1. The molecule has 0 radical (unpaired) electrons. The topological polar surface area (TPSA) is 130 Å². The number of nitrogens with one attached hydrogen (secondary N) is 2. The largest absolute Gasteiger partial charge is 0.370 e. The molecule has 0 unspecified atom stereocenters. The van der Waals surface area contributed by atoms with Crippen LogP contribution in [0.25, 0.3) is 10.9 Å². The Morgan fingerprint density at radius 3 is 2.67 bits per heavy atom. The van der Waals surface area contributed by atoms with Crippen molar-refractivity contribution >= 4 is 40.4 Å². The first kappa shape index (κ1) is 25.6. The number of benzene rings is 2. The molecule has 6 N–H and O–H groups in total. The lowest BCUT2D eigenvalue weighted by molar-refractivity contribution is -0.136. The maximum atomic E-state index is 13.6. The van der Waals surface area contributed by atoms with Crippen LogP contribution in [0.5, 0.6) is 0 Å². The molecule has 0 bridgehead atoms. The smallest absolute Gasteiger partial charge is 0.245 e. The van der Waals surface area contributed by atoms with Crippen LogP contribution in [0.15, 0.2) is 65.8 Å². The monoisotopic (exact) mass is 506 g/mol. The molecule has 1 aliphatic heterocycles. The number of aromatic nitrogens is 1. The average molecular weight is 507 g/mol.